The molecule has 1 aliphatic heterocycles. The van der Waals surface area contributed by atoms with Gasteiger partial charge in [0.15, 0.2) is 0 Å². The van der Waals surface area contributed by atoms with Gasteiger partial charge in [0.2, 0.25) is 5.91 Å². The van der Waals surface area contributed by atoms with Crippen molar-refractivity contribution in [2.75, 3.05) is 13.2 Å². The van der Waals surface area contributed by atoms with E-state index in [2.05, 4.69) is 4.98 Å². The average molecular weight is 350 g/mol. The second kappa shape index (κ2) is 8.99. The minimum atomic E-state index is -0.601. The van der Waals surface area contributed by atoms with Crippen LogP contribution in [0.4, 0.5) is 0 Å². The zero-order chi connectivity index (χ0) is 18.4. The van der Waals surface area contributed by atoms with Crippen LogP contribution in [0.2, 0.25) is 0 Å². The molecule has 7 nitrogen and oxygen atoms in total. The highest BCUT2D eigenvalue weighted by Crippen LogP contribution is 2.28. The van der Waals surface area contributed by atoms with Gasteiger partial charge in [0.05, 0.1) is 19.0 Å². The molecule has 2 heterocycles. The van der Waals surface area contributed by atoms with Crippen LogP contribution in [-0.4, -0.2) is 51.6 Å². The molecular weight excluding hydrogens is 320 g/mol. The Morgan fingerprint density at radius 3 is 2.76 bits per heavy atom. The molecule has 7 heteroatoms. The second-order valence-corrected chi connectivity index (χ2v) is 7.03. The number of amides is 1. The normalized spacial score (nSPS) is 22.0. The fraction of sp³-hybridized carbons (Fsp3) is 0.722. The first-order chi connectivity index (χ1) is 12.0. The van der Waals surface area contributed by atoms with E-state index in [-0.39, 0.29) is 23.8 Å². The summed E-state index contributed by atoms with van der Waals surface area (Å²) >= 11 is 0. The number of hydrogen-bond donors (Lipinski definition) is 1. The molecule has 3 unspecified atom stereocenters. The van der Waals surface area contributed by atoms with Crippen LogP contribution < -0.4 is 5.73 Å². The quantitative estimate of drug-likeness (QED) is 0.597. The number of rotatable bonds is 7. The van der Waals surface area contributed by atoms with E-state index in [1.165, 1.54) is 0 Å². The molecule has 0 radical (unpaired) electrons. The van der Waals surface area contributed by atoms with Gasteiger partial charge in [0.25, 0.3) is 0 Å². The van der Waals surface area contributed by atoms with E-state index in [9.17, 15) is 9.59 Å². The largest absolute Gasteiger partial charge is 0.464 e. The zero-order valence-electron chi connectivity index (χ0n) is 15.4. The number of aromatic nitrogens is 2. The molecule has 1 fully saturated rings. The molecule has 1 aromatic heterocycles. The minimum absolute atomic E-state index is 0.0237. The van der Waals surface area contributed by atoms with Crippen molar-refractivity contribution in [3.05, 3.63) is 18.7 Å². The fourth-order valence-electron chi connectivity index (χ4n) is 3.08. The zero-order valence-corrected chi connectivity index (χ0v) is 15.4. The van der Waals surface area contributed by atoms with Crippen LogP contribution in [0.5, 0.6) is 0 Å². The Balaban J connectivity index is 2.13. The van der Waals surface area contributed by atoms with Gasteiger partial charge in [-0.05, 0) is 25.2 Å². The summed E-state index contributed by atoms with van der Waals surface area (Å²) in [6.07, 6.45) is 8.44. The lowest BCUT2D eigenvalue weighted by Crippen LogP contribution is -2.56. The van der Waals surface area contributed by atoms with Gasteiger partial charge >= 0.3 is 5.97 Å². The molecule has 1 amide bonds. The second-order valence-electron chi connectivity index (χ2n) is 7.03. The van der Waals surface area contributed by atoms with E-state index >= 15 is 0 Å². The number of hydrogen-bond acceptors (Lipinski definition) is 5. The topological polar surface area (TPSA) is 90.5 Å². The van der Waals surface area contributed by atoms with Crippen molar-refractivity contribution in [1.82, 2.24) is 14.5 Å². The van der Waals surface area contributed by atoms with E-state index in [0.717, 1.165) is 19.3 Å². The number of carbonyl (C=O) groups excluding carboxylic acids is 2. The number of piperidine rings is 1. The molecule has 2 N–H and O–H groups in total. The summed E-state index contributed by atoms with van der Waals surface area (Å²) in [5, 5.41) is 0. The monoisotopic (exact) mass is 350 g/mol. The fourth-order valence-corrected chi connectivity index (χ4v) is 3.08. The minimum Gasteiger partial charge on any atom is -0.464 e. The van der Waals surface area contributed by atoms with Crippen molar-refractivity contribution in [1.29, 1.82) is 0 Å². The van der Waals surface area contributed by atoms with Crippen molar-refractivity contribution in [3.63, 3.8) is 0 Å². The predicted molar refractivity (Wildman–Crippen MR) is 94.7 cm³/mol. The number of ether oxygens (including phenoxy) is 1. The lowest BCUT2D eigenvalue weighted by atomic mass is 9.94. The molecule has 0 spiro atoms. The maximum atomic E-state index is 12.8. The Morgan fingerprint density at radius 2 is 2.16 bits per heavy atom. The van der Waals surface area contributed by atoms with Gasteiger partial charge in [0, 0.05) is 25.0 Å². The molecule has 0 aliphatic carbocycles. The van der Waals surface area contributed by atoms with Crippen molar-refractivity contribution >= 4 is 11.9 Å². The summed E-state index contributed by atoms with van der Waals surface area (Å²) in [4.78, 5) is 31.1. The number of nitrogens with zero attached hydrogens (tertiary/aromatic N) is 3. The van der Waals surface area contributed by atoms with Crippen molar-refractivity contribution in [2.45, 2.75) is 64.6 Å². The standard InChI is InChI=1S/C18H30N4O3/c1-4-5-10-25-18(24)15-11-14(21-9-7-20-12-21)6-8-22(15)17(23)16(19)13(2)3/h7,9,12-16H,4-6,8,10-11,19H2,1-3H3. The molecule has 3 atom stereocenters. The Hall–Kier alpha value is -1.89. The number of nitrogens with two attached hydrogens (primary N) is 1. The van der Waals surface area contributed by atoms with Crippen LogP contribution >= 0.6 is 0 Å². The number of esters is 1. The molecule has 1 aliphatic rings. The Kier molecular flexibility index (Phi) is 6.99. The van der Waals surface area contributed by atoms with Gasteiger partial charge in [-0.2, -0.15) is 0 Å². The first-order valence-electron chi connectivity index (χ1n) is 9.15. The lowest BCUT2D eigenvalue weighted by molar-refractivity contribution is -0.158. The van der Waals surface area contributed by atoms with Crippen LogP contribution in [0.25, 0.3) is 0 Å². The van der Waals surface area contributed by atoms with Gasteiger partial charge in [-0.25, -0.2) is 9.78 Å². The smallest absolute Gasteiger partial charge is 0.328 e. The van der Waals surface area contributed by atoms with Crippen LogP contribution in [-0.2, 0) is 14.3 Å². The number of carbonyl (C=O) groups is 2. The number of unbranched alkanes of at least 4 members (excludes halogenated alkanes) is 1. The highest BCUT2D eigenvalue weighted by molar-refractivity contribution is 5.88. The Labute approximate surface area is 149 Å². The van der Waals surface area contributed by atoms with E-state index in [1.54, 1.807) is 17.4 Å². The molecule has 140 valence electrons. The van der Waals surface area contributed by atoms with Crippen molar-refractivity contribution in [2.24, 2.45) is 11.7 Å². The molecule has 1 aromatic rings. The third-order valence-electron chi connectivity index (χ3n) is 4.82. The van der Waals surface area contributed by atoms with Gasteiger partial charge in [-0.1, -0.05) is 27.2 Å². The molecule has 0 bridgehead atoms. The number of likely N-dealkylation sites (tertiary alicyclic amines) is 1. The average Bonchev–Trinajstić information content (AvgIpc) is 3.14. The van der Waals surface area contributed by atoms with Crippen molar-refractivity contribution < 1.29 is 14.3 Å². The summed E-state index contributed by atoms with van der Waals surface area (Å²) in [7, 11) is 0. The van der Waals surface area contributed by atoms with Crippen LogP contribution in [0.1, 0.15) is 52.5 Å². The first-order valence-corrected chi connectivity index (χ1v) is 9.15. The molecule has 2 rings (SSSR count). The van der Waals surface area contributed by atoms with Crippen molar-refractivity contribution in [3.8, 4) is 0 Å². The maximum Gasteiger partial charge on any atom is 0.328 e. The Morgan fingerprint density at radius 1 is 1.40 bits per heavy atom. The Bertz CT molecular complexity index is 559. The first kappa shape index (κ1) is 19.4. The summed E-state index contributed by atoms with van der Waals surface area (Å²) in [6, 6.07) is -1.06. The van der Waals surface area contributed by atoms with Crippen LogP contribution in [0.15, 0.2) is 18.7 Å². The molecule has 1 saturated heterocycles. The third kappa shape index (κ3) is 4.81. The van der Waals surface area contributed by atoms with Gasteiger partial charge in [0.1, 0.15) is 6.04 Å². The van der Waals surface area contributed by atoms with Gasteiger partial charge in [-0.3, -0.25) is 4.79 Å². The van der Waals surface area contributed by atoms with Crippen LogP contribution in [0, 0.1) is 5.92 Å². The summed E-state index contributed by atoms with van der Waals surface area (Å²) in [6.45, 7) is 6.75. The lowest BCUT2D eigenvalue weighted by Gasteiger charge is -2.40. The highest BCUT2D eigenvalue weighted by atomic mass is 16.5. The van der Waals surface area contributed by atoms with E-state index in [1.807, 2.05) is 31.5 Å². The maximum absolute atomic E-state index is 12.8. The van der Waals surface area contributed by atoms with E-state index in [0.29, 0.717) is 19.6 Å². The molecule has 25 heavy (non-hydrogen) atoms. The molecule has 0 saturated carbocycles. The summed E-state index contributed by atoms with van der Waals surface area (Å²) < 4.78 is 7.41. The SMILES string of the molecule is CCCCOC(=O)C1CC(n2ccnc2)CCN1C(=O)C(N)C(C)C. The highest BCUT2D eigenvalue weighted by Gasteiger charge is 2.39. The van der Waals surface area contributed by atoms with Gasteiger partial charge < -0.3 is 19.9 Å². The predicted octanol–water partition coefficient (Wildman–Crippen LogP) is 1.74. The van der Waals surface area contributed by atoms with Gasteiger partial charge in [-0.15, -0.1) is 0 Å². The number of imidazole rings is 1. The molecular formula is C18H30N4O3. The summed E-state index contributed by atoms with van der Waals surface area (Å²) in [5.41, 5.74) is 6.05. The molecule has 0 aromatic carbocycles. The summed E-state index contributed by atoms with van der Waals surface area (Å²) in [5.74, 6) is -0.477. The van der Waals surface area contributed by atoms with Crippen LogP contribution in [0.3, 0.4) is 0 Å². The third-order valence-corrected chi connectivity index (χ3v) is 4.82. The van der Waals surface area contributed by atoms with E-state index < -0.39 is 12.1 Å². The van der Waals surface area contributed by atoms with E-state index in [4.69, 9.17) is 10.5 Å².